The van der Waals surface area contributed by atoms with Gasteiger partial charge in [-0.15, -0.1) is 0 Å². The van der Waals surface area contributed by atoms with Crippen molar-refractivity contribution in [3.05, 3.63) is 29.8 Å². The average Bonchev–Trinajstić information content (AvgIpc) is 2.47. The molecule has 0 unspecified atom stereocenters. The number of benzene rings is 1. The molecule has 1 aromatic carbocycles. The van der Waals surface area contributed by atoms with E-state index in [1.54, 1.807) is 24.3 Å². The van der Waals surface area contributed by atoms with Crippen molar-refractivity contribution in [2.75, 3.05) is 0 Å². The molecule has 1 N–H and O–H groups in total. The van der Waals surface area contributed by atoms with Crippen molar-refractivity contribution < 1.29 is 17.7 Å². The van der Waals surface area contributed by atoms with Crippen LogP contribution >= 0.6 is 0 Å². The second-order valence-electron chi connectivity index (χ2n) is 6.75. The van der Waals surface area contributed by atoms with Crippen LogP contribution < -0.4 is 0 Å². The molecular formula is C17H24O4S. The zero-order valence-electron chi connectivity index (χ0n) is 13.0. The highest BCUT2D eigenvalue weighted by Crippen LogP contribution is 2.45. The Labute approximate surface area is 132 Å². The molecular weight excluding hydrogens is 300 g/mol. The lowest BCUT2D eigenvalue weighted by Crippen LogP contribution is -2.50. The maximum absolute atomic E-state index is 12.5. The van der Waals surface area contributed by atoms with Gasteiger partial charge in [-0.05, 0) is 51.2 Å². The summed E-state index contributed by atoms with van der Waals surface area (Å²) in [6, 6.07) is 6.71. The number of aliphatic hydroxyl groups is 1. The van der Waals surface area contributed by atoms with Crippen LogP contribution in [0.25, 0.3) is 0 Å². The third kappa shape index (κ3) is 3.07. The Hall–Kier alpha value is -0.910. The van der Waals surface area contributed by atoms with E-state index in [0.29, 0.717) is 6.42 Å². The molecule has 4 nitrogen and oxygen atoms in total. The maximum Gasteiger partial charge on any atom is 0.297 e. The largest absolute Gasteiger partial charge is 0.390 e. The fourth-order valence-electron chi connectivity index (χ4n) is 3.94. The zero-order valence-corrected chi connectivity index (χ0v) is 13.8. The van der Waals surface area contributed by atoms with Crippen LogP contribution in [-0.2, 0) is 14.3 Å². The zero-order chi connectivity index (χ0) is 15.8. The standard InChI is InChI=1S/C17H24O4S/c1-13-7-9-14(10-8-13)22(19,20)21-16-6-4-12-17(18)11-3-2-5-15(16)17/h7-10,15-16,18H,2-6,11-12H2,1H3/t15-,16-,17+/m1/s1. The van der Waals surface area contributed by atoms with Gasteiger partial charge in [0.25, 0.3) is 10.1 Å². The van der Waals surface area contributed by atoms with Crippen LogP contribution in [0.5, 0.6) is 0 Å². The molecule has 3 rings (SSSR count). The van der Waals surface area contributed by atoms with Gasteiger partial charge >= 0.3 is 0 Å². The van der Waals surface area contributed by atoms with E-state index in [2.05, 4.69) is 0 Å². The van der Waals surface area contributed by atoms with E-state index in [1.807, 2.05) is 6.92 Å². The van der Waals surface area contributed by atoms with Crippen molar-refractivity contribution in [3.8, 4) is 0 Å². The summed E-state index contributed by atoms with van der Waals surface area (Å²) >= 11 is 0. The first kappa shape index (κ1) is 16.0. The third-order valence-electron chi connectivity index (χ3n) is 5.17. The van der Waals surface area contributed by atoms with Crippen molar-refractivity contribution in [1.82, 2.24) is 0 Å². The van der Waals surface area contributed by atoms with E-state index >= 15 is 0 Å². The highest BCUT2D eigenvalue weighted by Gasteiger charge is 2.47. The van der Waals surface area contributed by atoms with Gasteiger partial charge < -0.3 is 5.11 Å². The van der Waals surface area contributed by atoms with Gasteiger partial charge in [-0.1, -0.05) is 30.5 Å². The van der Waals surface area contributed by atoms with Gasteiger partial charge in [-0.3, -0.25) is 4.18 Å². The molecule has 0 amide bonds. The SMILES string of the molecule is Cc1ccc(S(=O)(=O)O[C@@H]2CCC[C@@]3(O)CCCC[C@H]23)cc1. The van der Waals surface area contributed by atoms with Gasteiger partial charge in [0, 0.05) is 5.92 Å². The monoisotopic (exact) mass is 324 g/mol. The van der Waals surface area contributed by atoms with Crippen LogP contribution in [0.15, 0.2) is 29.2 Å². The molecule has 0 saturated heterocycles. The van der Waals surface area contributed by atoms with Crippen molar-refractivity contribution in [1.29, 1.82) is 0 Å². The summed E-state index contributed by atoms with van der Waals surface area (Å²) in [4.78, 5) is 0.197. The summed E-state index contributed by atoms with van der Waals surface area (Å²) in [5.74, 6) is -0.0600. The lowest BCUT2D eigenvalue weighted by Gasteiger charge is -2.47. The summed E-state index contributed by atoms with van der Waals surface area (Å²) in [5.41, 5.74) is 0.280. The fourth-order valence-corrected chi connectivity index (χ4v) is 5.08. The second-order valence-corrected chi connectivity index (χ2v) is 8.32. The molecule has 22 heavy (non-hydrogen) atoms. The van der Waals surface area contributed by atoms with Gasteiger partial charge in [0.15, 0.2) is 0 Å². The van der Waals surface area contributed by atoms with E-state index in [1.165, 1.54) is 0 Å². The van der Waals surface area contributed by atoms with Gasteiger partial charge in [0.2, 0.25) is 0 Å². The predicted octanol–water partition coefficient (Wildman–Crippen LogP) is 3.17. The van der Waals surface area contributed by atoms with Crippen LogP contribution in [0.1, 0.15) is 50.5 Å². The van der Waals surface area contributed by atoms with Crippen LogP contribution in [0.3, 0.4) is 0 Å². The molecule has 122 valence electrons. The minimum atomic E-state index is -3.77. The van der Waals surface area contributed by atoms with Crippen LogP contribution in [0.2, 0.25) is 0 Å². The summed E-state index contributed by atoms with van der Waals surface area (Å²) in [6.07, 6.45) is 5.57. The molecule has 1 aromatic rings. The summed E-state index contributed by atoms with van der Waals surface area (Å²) in [6.45, 7) is 1.92. The van der Waals surface area contributed by atoms with Crippen LogP contribution in [-0.4, -0.2) is 25.2 Å². The van der Waals surface area contributed by atoms with E-state index in [-0.39, 0.29) is 10.8 Å². The van der Waals surface area contributed by atoms with E-state index in [9.17, 15) is 13.5 Å². The van der Waals surface area contributed by atoms with Crippen molar-refractivity contribution in [2.24, 2.45) is 5.92 Å². The Morgan fingerprint density at radius 3 is 2.50 bits per heavy atom. The van der Waals surface area contributed by atoms with Gasteiger partial charge in [-0.25, -0.2) is 0 Å². The molecule has 2 aliphatic carbocycles. The highest BCUT2D eigenvalue weighted by molar-refractivity contribution is 7.86. The highest BCUT2D eigenvalue weighted by atomic mass is 32.2. The Morgan fingerprint density at radius 1 is 1.09 bits per heavy atom. The number of aryl methyl sites for hydroxylation is 1. The topological polar surface area (TPSA) is 63.6 Å². The number of hydrogen-bond acceptors (Lipinski definition) is 4. The summed E-state index contributed by atoms with van der Waals surface area (Å²) in [7, 11) is -3.77. The molecule has 3 atom stereocenters. The molecule has 5 heteroatoms. The number of hydrogen-bond donors (Lipinski definition) is 1. The third-order valence-corrected chi connectivity index (χ3v) is 6.52. The van der Waals surface area contributed by atoms with Crippen LogP contribution in [0.4, 0.5) is 0 Å². The minimum Gasteiger partial charge on any atom is -0.390 e. The van der Waals surface area contributed by atoms with Gasteiger partial charge in [-0.2, -0.15) is 8.42 Å². The lowest BCUT2D eigenvalue weighted by molar-refractivity contribution is -0.116. The normalized spacial score (nSPS) is 32.5. The Bertz CT molecular complexity index is 619. The van der Waals surface area contributed by atoms with Crippen molar-refractivity contribution in [3.63, 3.8) is 0 Å². The summed E-state index contributed by atoms with van der Waals surface area (Å²) in [5, 5.41) is 10.8. The molecule has 0 heterocycles. The summed E-state index contributed by atoms with van der Waals surface area (Å²) < 4.78 is 30.5. The van der Waals surface area contributed by atoms with Crippen molar-refractivity contribution >= 4 is 10.1 Å². The predicted molar refractivity (Wildman–Crippen MR) is 84.0 cm³/mol. The minimum absolute atomic E-state index is 0.0600. The smallest absolute Gasteiger partial charge is 0.297 e. The van der Waals surface area contributed by atoms with Gasteiger partial charge in [0.05, 0.1) is 16.6 Å². The Balaban J connectivity index is 1.80. The van der Waals surface area contributed by atoms with E-state index in [4.69, 9.17) is 4.18 Å². The number of fused-ring (bicyclic) bond motifs is 1. The molecule has 2 fully saturated rings. The molecule has 0 aliphatic heterocycles. The van der Waals surface area contributed by atoms with Gasteiger partial charge in [0.1, 0.15) is 0 Å². The quantitative estimate of drug-likeness (QED) is 0.867. The Morgan fingerprint density at radius 2 is 1.77 bits per heavy atom. The first-order chi connectivity index (χ1) is 10.4. The van der Waals surface area contributed by atoms with E-state index < -0.39 is 21.8 Å². The molecule has 0 radical (unpaired) electrons. The van der Waals surface area contributed by atoms with E-state index in [0.717, 1.165) is 44.1 Å². The lowest BCUT2D eigenvalue weighted by atomic mass is 9.66. The first-order valence-electron chi connectivity index (χ1n) is 8.13. The first-order valence-corrected chi connectivity index (χ1v) is 9.54. The van der Waals surface area contributed by atoms with Crippen molar-refractivity contribution in [2.45, 2.75) is 68.5 Å². The molecule has 0 aromatic heterocycles. The molecule has 2 aliphatic rings. The maximum atomic E-state index is 12.5. The molecule has 0 spiro atoms. The second kappa shape index (κ2) is 5.95. The average molecular weight is 324 g/mol. The fraction of sp³-hybridized carbons (Fsp3) is 0.647. The van der Waals surface area contributed by atoms with Crippen LogP contribution in [0, 0.1) is 12.8 Å². The molecule has 2 saturated carbocycles. The number of rotatable bonds is 3. The molecule has 0 bridgehead atoms. The Kier molecular flexibility index (Phi) is 4.32.